The summed E-state index contributed by atoms with van der Waals surface area (Å²) < 4.78 is 45.1. The molecule has 0 aromatic heterocycles. The molecule has 0 amide bonds. The van der Waals surface area contributed by atoms with Gasteiger partial charge in [-0.1, -0.05) is 6.07 Å². The molecule has 0 fully saturated rings. The molecular formula is C11H11F3O2. The van der Waals surface area contributed by atoms with Gasteiger partial charge in [-0.25, -0.2) is 4.39 Å². The van der Waals surface area contributed by atoms with Gasteiger partial charge in [-0.2, -0.15) is 8.78 Å². The molecule has 2 atom stereocenters. The number of halogens is 3. The topological polar surface area (TPSA) is 29.5 Å². The summed E-state index contributed by atoms with van der Waals surface area (Å²) in [5, 5.41) is 9.43. The second-order valence-corrected chi connectivity index (χ2v) is 3.85. The molecule has 1 aliphatic rings. The summed E-state index contributed by atoms with van der Waals surface area (Å²) in [6.07, 6.45) is -4.63. The van der Waals surface area contributed by atoms with E-state index in [1.54, 1.807) is 6.92 Å². The van der Waals surface area contributed by atoms with Gasteiger partial charge in [-0.05, 0) is 24.1 Å². The van der Waals surface area contributed by atoms with E-state index in [9.17, 15) is 18.3 Å². The number of rotatable bonds is 1. The molecule has 2 unspecified atom stereocenters. The summed E-state index contributed by atoms with van der Waals surface area (Å²) in [4.78, 5) is 0. The third-order valence-corrected chi connectivity index (χ3v) is 2.91. The standard InChI is InChI=1S/C11H11F3O2/c1-5-3-4-6(16-2)8-7(5)10(15)11(13,14)9(8)12/h3-4,9-10,15H,1-2H3. The Kier molecular flexibility index (Phi) is 2.38. The molecule has 0 spiro atoms. The zero-order valence-corrected chi connectivity index (χ0v) is 8.80. The summed E-state index contributed by atoms with van der Waals surface area (Å²) in [7, 11) is 1.28. The minimum atomic E-state index is -3.79. The van der Waals surface area contributed by atoms with Gasteiger partial charge in [0, 0.05) is 5.56 Å². The zero-order valence-electron chi connectivity index (χ0n) is 8.80. The zero-order chi connectivity index (χ0) is 12.1. The molecule has 88 valence electrons. The van der Waals surface area contributed by atoms with Gasteiger partial charge in [0.25, 0.3) is 0 Å². The number of hydrogen-bond donors (Lipinski definition) is 1. The fourth-order valence-corrected chi connectivity index (χ4v) is 2.05. The number of ether oxygens (including phenoxy) is 1. The lowest BCUT2D eigenvalue weighted by atomic mass is 10.0. The molecule has 5 heteroatoms. The number of aryl methyl sites for hydroxylation is 1. The fraction of sp³-hybridized carbons (Fsp3) is 0.455. The molecular weight excluding hydrogens is 221 g/mol. The Morgan fingerprint density at radius 2 is 1.94 bits per heavy atom. The maximum Gasteiger partial charge on any atom is 0.312 e. The molecule has 1 N–H and O–H groups in total. The van der Waals surface area contributed by atoms with Crippen LogP contribution in [0.25, 0.3) is 0 Å². The van der Waals surface area contributed by atoms with Gasteiger partial charge in [-0.15, -0.1) is 0 Å². The van der Waals surface area contributed by atoms with Crippen LogP contribution >= 0.6 is 0 Å². The molecule has 16 heavy (non-hydrogen) atoms. The Labute approximate surface area is 90.7 Å². The third kappa shape index (κ3) is 1.24. The third-order valence-electron chi connectivity index (χ3n) is 2.91. The van der Waals surface area contributed by atoms with E-state index in [4.69, 9.17) is 4.74 Å². The van der Waals surface area contributed by atoms with Gasteiger partial charge in [0.1, 0.15) is 11.9 Å². The Balaban J connectivity index is 2.70. The van der Waals surface area contributed by atoms with E-state index >= 15 is 0 Å². The summed E-state index contributed by atoms with van der Waals surface area (Å²) in [5.74, 6) is -3.74. The largest absolute Gasteiger partial charge is 0.496 e. The molecule has 0 saturated carbocycles. The van der Waals surface area contributed by atoms with E-state index in [2.05, 4.69) is 0 Å². The van der Waals surface area contributed by atoms with E-state index in [1.165, 1.54) is 19.2 Å². The summed E-state index contributed by atoms with van der Waals surface area (Å²) in [6, 6.07) is 2.95. The van der Waals surface area contributed by atoms with Gasteiger partial charge in [0.15, 0.2) is 6.17 Å². The van der Waals surface area contributed by atoms with Gasteiger partial charge in [-0.3, -0.25) is 0 Å². The highest BCUT2D eigenvalue weighted by molar-refractivity contribution is 5.52. The van der Waals surface area contributed by atoms with Crippen LogP contribution in [0.2, 0.25) is 0 Å². The molecule has 1 aromatic carbocycles. The molecule has 0 radical (unpaired) electrons. The van der Waals surface area contributed by atoms with E-state index in [0.29, 0.717) is 5.56 Å². The second kappa shape index (κ2) is 3.38. The van der Waals surface area contributed by atoms with Crippen LogP contribution in [-0.2, 0) is 0 Å². The molecule has 1 aliphatic carbocycles. The smallest absolute Gasteiger partial charge is 0.312 e. The van der Waals surface area contributed by atoms with Gasteiger partial charge in [0.2, 0.25) is 0 Å². The first kappa shape index (κ1) is 11.3. The summed E-state index contributed by atoms with van der Waals surface area (Å²) >= 11 is 0. The van der Waals surface area contributed by atoms with Crippen LogP contribution in [-0.4, -0.2) is 18.1 Å². The molecule has 0 saturated heterocycles. The van der Waals surface area contributed by atoms with E-state index in [-0.39, 0.29) is 16.9 Å². The number of aliphatic hydroxyl groups is 1. The van der Waals surface area contributed by atoms with Crippen molar-refractivity contribution in [2.45, 2.75) is 25.1 Å². The summed E-state index contributed by atoms with van der Waals surface area (Å²) in [6.45, 7) is 1.55. The molecule has 0 heterocycles. The predicted molar refractivity (Wildman–Crippen MR) is 51.5 cm³/mol. The predicted octanol–water partition coefficient (Wildman–Crippen LogP) is 2.70. The molecule has 1 aromatic rings. The fourth-order valence-electron chi connectivity index (χ4n) is 2.05. The van der Waals surface area contributed by atoms with Crippen LogP contribution in [0.15, 0.2) is 12.1 Å². The average Bonchev–Trinajstić information content (AvgIpc) is 2.42. The monoisotopic (exact) mass is 232 g/mol. The van der Waals surface area contributed by atoms with E-state index in [1.807, 2.05) is 0 Å². The van der Waals surface area contributed by atoms with Crippen molar-refractivity contribution in [2.75, 3.05) is 7.11 Å². The molecule has 0 bridgehead atoms. The van der Waals surface area contributed by atoms with Crippen molar-refractivity contribution in [3.05, 3.63) is 28.8 Å². The van der Waals surface area contributed by atoms with E-state index < -0.39 is 18.2 Å². The SMILES string of the molecule is COc1ccc(C)c2c1C(F)C(F)(F)C2O. The maximum atomic E-state index is 13.6. The first-order valence-corrected chi connectivity index (χ1v) is 4.78. The first-order valence-electron chi connectivity index (χ1n) is 4.78. The second-order valence-electron chi connectivity index (χ2n) is 3.85. The van der Waals surface area contributed by atoms with Crippen molar-refractivity contribution >= 4 is 0 Å². The van der Waals surface area contributed by atoms with Crippen LogP contribution in [0.1, 0.15) is 29.0 Å². The van der Waals surface area contributed by atoms with Crippen molar-refractivity contribution in [3.63, 3.8) is 0 Å². The van der Waals surface area contributed by atoms with Crippen LogP contribution < -0.4 is 4.74 Å². The maximum absolute atomic E-state index is 13.6. The molecule has 2 rings (SSSR count). The lowest BCUT2D eigenvalue weighted by Gasteiger charge is -2.16. The van der Waals surface area contributed by atoms with Gasteiger partial charge in [0.05, 0.1) is 7.11 Å². The van der Waals surface area contributed by atoms with Crippen LogP contribution in [0, 0.1) is 6.92 Å². The molecule has 0 aliphatic heterocycles. The summed E-state index contributed by atoms with van der Waals surface area (Å²) in [5.41, 5.74) is 0.139. The number of hydrogen-bond acceptors (Lipinski definition) is 2. The Morgan fingerprint density at radius 1 is 1.31 bits per heavy atom. The Morgan fingerprint density at radius 3 is 2.50 bits per heavy atom. The number of alkyl halides is 3. The lowest BCUT2D eigenvalue weighted by Crippen LogP contribution is -2.24. The lowest BCUT2D eigenvalue weighted by molar-refractivity contribution is -0.143. The minimum absolute atomic E-state index is 0.0457. The average molecular weight is 232 g/mol. The van der Waals surface area contributed by atoms with Crippen LogP contribution in [0.5, 0.6) is 5.75 Å². The number of aliphatic hydroxyl groups excluding tert-OH is 1. The number of benzene rings is 1. The van der Waals surface area contributed by atoms with E-state index in [0.717, 1.165) is 0 Å². The molecule has 2 nitrogen and oxygen atoms in total. The Bertz CT molecular complexity index is 431. The van der Waals surface area contributed by atoms with Crippen LogP contribution in [0.4, 0.5) is 13.2 Å². The highest BCUT2D eigenvalue weighted by atomic mass is 19.3. The van der Waals surface area contributed by atoms with Crippen molar-refractivity contribution in [3.8, 4) is 5.75 Å². The first-order chi connectivity index (χ1) is 7.41. The van der Waals surface area contributed by atoms with Gasteiger partial charge < -0.3 is 9.84 Å². The van der Waals surface area contributed by atoms with Gasteiger partial charge >= 0.3 is 5.92 Å². The van der Waals surface area contributed by atoms with Crippen molar-refractivity contribution in [1.82, 2.24) is 0 Å². The Hall–Kier alpha value is -1.23. The van der Waals surface area contributed by atoms with Crippen LogP contribution in [0.3, 0.4) is 0 Å². The highest BCUT2D eigenvalue weighted by Crippen LogP contribution is 2.55. The highest BCUT2D eigenvalue weighted by Gasteiger charge is 2.57. The number of methoxy groups -OCH3 is 1. The normalized spacial score (nSPS) is 26.6. The van der Waals surface area contributed by atoms with Crippen molar-refractivity contribution < 1.29 is 23.0 Å². The number of fused-ring (bicyclic) bond motifs is 1. The van der Waals surface area contributed by atoms with Crippen molar-refractivity contribution in [2.24, 2.45) is 0 Å². The minimum Gasteiger partial charge on any atom is -0.496 e. The quantitative estimate of drug-likeness (QED) is 0.806. The van der Waals surface area contributed by atoms with Crippen molar-refractivity contribution in [1.29, 1.82) is 0 Å².